The molecule has 1 fully saturated rings. The molecule has 1 atom stereocenters. The smallest absolute Gasteiger partial charge is 0.254 e. The molecule has 0 bridgehead atoms. The summed E-state index contributed by atoms with van der Waals surface area (Å²) in [5.74, 6) is -0.161. The maximum Gasteiger partial charge on any atom is 0.254 e. The normalized spacial score (nSPS) is 16.0. The number of aromatic nitrogens is 2. The lowest BCUT2D eigenvalue weighted by molar-refractivity contribution is 0.0676. The van der Waals surface area contributed by atoms with Crippen LogP contribution in [0.2, 0.25) is 0 Å². The van der Waals surface area contributed by atoms with Gasteiger partial charge in [0.15, 0.2) is 0 Å². The average molecular weight is 439 g/mol. The monoisotopic (exact) mass is 438 g/mol. The Morgan fingerprint density at radius 3 is 2.85 bits per heavy atom. The van der Waals surface area contributed by atoms with E-state index < -0.39 is 0 Å². The second kappa shape index (κ2) is 8.90. The van der Waals surface area contributed by atoms with Crippen molar-refractivity contribution in [2.75, 3.05) is 13.1 Å². The van der Waals surface area contributed by atoms with Crippen LogP contribution in [0.1, 0.15) is 39.1 Å². The minimum Gasteiger partial charge on any atom is -0.347 e. The highest BCUT2D eigenvalue weighted by atomic mass is 16.2. The van der Waals surface area contributed by atoms with Crippen molar-refractivity contribution >= 4 is 22.8 Å². The average Bonchev–Trinajstić information content (AvgIpc) is 3.32. The number of likely N-dealkylation sites (tertiary alicyclic amines) is 1. The van der Waals surface area contributed by atoms with Crippen molar-refractivity contribution in [2.45, 2.75) is 25.8 Å². The number of carbonyl (C=O) groups excluding carboxylic acids is 2. The Morgan fingerprint density at radius 1 is 1.09 bits per heavy atom. The third kappa shape index (κ3) is 4.37. The second-order valence-corrected chi connectivity index (χ2v) is 8.62. The first-order chi connectivity index (χ1) is 16.1. The number of rotatable bonds is 4. The van der Waals surface area contributed by atoms with Gasteiger partial charge in [-0.3, -0.25) is 9.59 Å². The number of nitrogens with one attached hydrogen (secondary N) is 2. The largest absolute Gasteiger partial charge is 0.347 e. The molecule has 0 radical (unpaired) electrons. The molecule has 1 aliphatic heterocycles. The summed E-state index contributed by atoms with van der Waals surface area (Å²) < 4.78 is 0. The fraction of sp³-hybridized carbons (Fsp3) is 0.222. The molecule has 0 spiro atoms. The third-order valence-corrected chi connectivity index (χ3v) is 6.19. The van der Waals surface area contributed by atoms with Gasteiger partial charge in [-0.25, -0.2) is 4.98 Å². The first kappa shape index (κ1) is 20.9. The highest BCUT2D eigenvalue weighted by Gasteiger charge is 2.27. The van der Waals surface area contributed by atoms with Gasteiger partial charge in [0.25, 0.3) is 11.8 Å². The number of hydrogen-bond donors (Lipinski definition) is 2. The van der Waals surface area contributed by atoms with Gasteiger partial charge in [-0.1, -0.05) is 48.0 Å². The molecule has 2 N–H and O–H groups in total. The predicted molar refractivity (Wildman–Crippen MR) is 129 cm³/mol. The lowest BCUT2D eigenvalue weighted by Gasteiger charge is -2.33. The summed E-state index contributed by atoms with van der Waals surface area (Å²) in [6.07, 6.45) is 5.07. The molecule has 0 aliphatic carbocycles. The van der Waals surface area contributed by atoms with E-state index in [1.807, 2.05) is 53.4 Å². The molecular formula is C27H26N4O2. The Kier molecular flexibility index (Phi) is 5.65. The molecule has 6 nitrogen and oxygen atoms in total. The number of carbonyl (C=O) groups is 2. The van der Waals surface area contributed by atoms with Gasteiger partial charge in [-0.2, -0.15) is 0 Å². The summed E-state index contributed by atoms with van der Waals surface area (Å²) in [5.41, 5.74) is 5.10. The fourth-order valence-corrected chi connectivity index (χ4v) is 4.52. The van der Waals surface area contributed by atoms with Gasteiger partial charge in [-0.15, -0.1) is 0 Å². The first-order valence-electron chi connectivity index (χ1n) is 11.3. The number of amides is 2. The first-order valence-corrected chi connectivity index (χ1v) is 11.3. The minimum atomic E-state index is -0.162. The van der Waals surface area contributed by atoms with Gasteiger partial charge < -0.3 is 15.2 Å². The van der Waals surface area contributed by atoms with E-state index in [4.69, 9.17) is 0 Å². The zero-order chi connectivity index (χ0) is 22.8. The van der Waals surface area contributed by atoms with Crippen molar-refractivity contribution in [2.24, 2.45) is 0 Å². The van der Waals surface area contributed by atoms with Crippen LogP contribution in [-0.4, -0.2) is 45.8 Å². The quantitative estimate of drug-likeness (QED) is 0.490. The maximum atomic E-state index is 13.5. The van der Waals surface area contributed by atoms with Gasteiger partial charge in [0.2, 0.25) is 0 Å². The maximum absolute atomic E-state index is 13.5. The lowest BCUT2D eigenvalue weighted by Crippen LogP contribution is -2.49. The summed E-state index contributed by atoms with van der Waals surface area (Å²) >= 11 is 0. The van der Waals surface area contributed by atoms with Gasteiger partial charge in [-0.05, 0) is 49.1 Å². The molecule has 1 saturated heterocycles. The van der Waals surface area contributed by atoms with Crippen molar-refractivity contribution < 1.29 is 9.59 Å². The summed E-state index contributed by atoms with van der Waals surface area (Å²) in [7, 11) is 0. The fourth-order valence-electron chi connectivity index (χ4n) is 4.52. The zero-order valence-electron chi connectivity index (χ0n) is 18.5. The molecule has 2 aromatic carbocycles. The Morgan fingerprint density at radius 2 is 1.97 bits per heavy atom. The number of nitrogens with zero attached hydrogens (tertiary/aromatic N) is 2. The van der Waals surface area contributed by atoms with E-state index in [1.54, 1.807) is 12.4 Å². The number of H-pyrrole nitrogens is 1. The van der Waals surface area contributed by atoms with Gasteiger partial charge in [0, 0.05) is 42.5 Å². The van der Waals surface area contributed by atoms with E-state index in [9.17, 15) is 9.59 Å². The summed E-state index contributed by atoms with van der Waals surface area (Å²) in [5, 5.41) is 4.00. The molecule has 2 aromatic heterocycles. The van der Waals surface area contributed by atoms with E-state index >= 15 is 0 Å². The number of hydrogen-bond acceptors (Lipinski definition) is 3. The number of aromatic amines is 1. The Bertz CT molecular complexity index is 1330. The van der Waals surface area contributed by atoms with Gasteiger partial charge in [0.1, 0.15) is 5.65 Å². The van der Waals surface area contributed by atoms with Crippen LogP contribution in [0.4, 0.5) is 0 Å². The van der Waals surface area contributed by atoms with Crippen molar-refractivity contribution in [3.63, 3.8) is 0 Å². The van der Waals surface area contributed by atoms with Gasteiger partial charge >= 0.3 is 0 Å². The zero-order valence-corrected chi connectivity index (χ0v) is 18.5. The molecule has 1 aliphatic rings. The number of benzene rings is 2. The molecule has 2 amide bonds. The van der Waals surface area contributed by atoms with Crippen molar-refractivity contribution in [3.8, 4) is 11.1 Å². The summed E-state index contributed by atoms with van der Waals surface area (Å²) in [4.78, 5) is 35.5. The van der Waals surface area contributed by atoms with Crippen molar-refractivity contribution in [3.05, 3.63) is 89.7 Å². The van der Waals surface area contributed by atoms with Gasteiger partial charge in [0.05, 0.1) is 5.56 Å². The third-order valence-electron chi connectivity index (χ3n) is 6.19. The number of aryl methyl sites for hydroxylation is 1. The Balaban J connectivity index is 1.32. The molecular weight excluding hydrogens is 412 g/mol. The van der Waals surface area contributed by atoms with E-state index in [-0.39, 0.29) is 17.9 Å². The standard InChI is InChI=1S/C27H26N4O2/c1-18-6-4-7-19(14-18)23-9-2-3-10-24(23)27(33)31-13-5-8-22(17-31)30-26(32)21-15-20-11-12-28-25(20)29-16-21/h2-4,6-7,9-12,14-16,22H,5,8,13,17H2,1H3,(H,28,29)(H,30,32). The number of pyridine rings is 1. The molecule has 166 valence electrons. The minimum absolute atomic E-state index is 0.00136. The van der Waals surface area contributed by atoms with Crippen molar-refractivity contribution in [1.82, 2.24) is 20.2 Å². The van der Waals surface area contributed by atoms with E-state index in [2.05, 4.69) is 34.3 Å². The highest BCUT2D eigenvalue weighted by molar-refractivity contribution is 6.01. The van der Waals surface area contributed by atoms with Crippen LogP contribution in [0.5, 0.6) is 0 Å². The summed E-state index contributed by atoms with van der Waals surface area (Å²) in [6, 6.07) is 19.6. The molecule has 1 unspecified atom stereocenters. The molecule has 33 heavy (non-hydrogen) atoms. The van der Waals surface area contributed by atoms with Crippen LogP contribution in [0.25, 0.3) is 22.2 Å². The molecule has 6 heteroatoms. The molecule has 0 saturated carbocycles. The van der Waals surface area contributed by atoms with Crippen LogP contribution in [-0.2, 0) is 0 Å². The van der Waals surface area contributed by atoms with Crippen LogP contribution in [0.3, 0.4) is 0 Å². The van der Waals surface area contributed by atoms with E-state index in [0.29, 0.717) is 24.2 Å². The number of piperidine rings is 1. The summed E-state index contributed by atoms with van der Waals surface area (Å²) in [6.45, 7) is 3.23. The molecule has 3 heterocycles. The van der Waals surface area contributed by atoms with Crippen LogP contribution >= 0.6 is 0 Å². The Labute approximate surface area is 192 Å². The van der Waals surface area contributed by atoms with E-state index in [0.717, 1.165) is 40.6 Å². The van der Waals surface area contributed by atoms with Crippen LogP contribution in [0.15, 0.2) is 73.1 Å². The predicted octanol–water partition coefficient (Wildman–Crippen LogP) is 4.57. The lowest BCUT2D eigenvalue weighted by atomic mass is 9.96. The topological polar surface area (TPSA) is 78.1 Å². The SMILES string of the molecule is Cc1cccc(-c2ccccc2C(=O)N2CCCC(NC(=O)c3cnc4[nH]ccc4c3)C2)c1. The van der Waals surface area contributed by atoms with Crippen LogP contribution in [0, 0.1) is 6.92 Å². The molecule has 5 rings (SSSR count). The van der Waals surface area contributed by atoms with E-state index in [1.165, 1.54) is 0 Å². The number of fused-ring (bicyclic) bond motifs is 1. The van der Waals surface area contributed by atoms with Crippen LogP contribution < -0.4 is 5.32 Å². The molecule has 4 aromatic rings. The highest BCUT2D eigenvalue weighted by Crippen LogP contribution is 2.26. The van der Waals surface area contributed by atoms with Crippen molar-refractivity contribution in [1.29, 1.82) is 0 Å². The Hall–Kier alpha value is -3.93. The second-order valence-electron chi connectivity index (χ2n) is 8.62.